The summed E-state index contributed by atoms with van der Waals surface area (Å²) >= 11 is 0. The Bertz CT molecular complexity index is 3290. The number of imide groups is 1. The molecule has 0 spiro atoms. The second-order valence-corrected chi connectivity index (χ2v) is 20.8. The van der Waals surface area contributed by atoms with Crippen molar-refractivity contribution in [2.24, 2.45) is 0 Å². The molecule has 1 aliphatic carbocycles. The molecule has 2 aromatic carbocycles. The average molecular weight is 1130 g/mol. The number of cyclic esters (lactones) is 1. The first-order chi connectivity index (χ1) is 39.4. The van der Waals surface area contributed by atoms with E-state index in [-0.39, 0.29) is 81.3 Å². The largest absolute Gasteiger partial charge is 0.458 e. The van der Waals surface area contributed by atoms with E-state index in [0.29, 0.717) is 98.4 Å². The van der Waals surface area contributed by atoms with Crippen LogP contribution in [0.1, 0.15) is 90.4 Å². The predicted molar refractivity (Wildman–Crippen MR) is 289 cm³/mol. The van der Waals surface area contributed by atoms with E-state index < -0.39 is 84.3 Å². The van der Waals surface area contributed by atoms with Gasteiger partial charge in [0.2, 0.25) is 17.7 Å². The van der Waals surface area contributed by atoms with Gasteiger partial charge in [0.1, 0.15) is 31.7 Å². The van der Waals surface area contributed by atoms with Crippen LogP contribution in [0.2, 0.25) is 0 Å². The number of carbonyl (C=O) groups is 9. The summed E-state index contributed by atoms with van der Waals surface area (Å²) in [7, 11) is 0. The van der Waals surface area contributed by atoms with Gasteiger partial charge in [-0.25, -0.2) is 19.0 Å². The number of aromatic nitrogens is 2. The number of piperazine rings is 1. The molecule has 25 heteroatoms. The van der Waals surface area contributed by atoms with Crippen LogP contribution in [0.5, 0.6) is 0 Å². The smallest absolute Gasteiger partial charge is 0.343 e. The Balaban J connectivity index is 0.693. The van der Waals surface area contributed by atoms with Crippen LogP contribution in [-0.4, -0.2) is 161 Å². The first-order valence-corrected chi connectivity index (χ1v) is 27.4. The van der Waals surface area contributed by atoms with Crippen LogP contribution in [0.25, 0.3) is 22.3 Å². The molecule has 4 aliphatic heterocycles. The van der Waals surface area contributed by atoms with Gasteiger partial charge >= 0.3 is 18.0 Å². The van der Waals surface area contributed by atoms with Crippen molar-refractivity contribution >= 4 is 64.3 Å². The summed E-state index contributed by atoms with van der Waals surface area (Å²) < 4.78 is 32.9. The number of unbranched alkanes of at least 4 members (excludes halogenated alkanes) is 2. The highest BCUT2D eigenvalue weighted by Crippen LogP contribution is 2.46. The number of rotatable bonds is 23. The molecule has 1 fully saturated rings. The number of aliphatic hydroxyl groups is 1. The van der Waals surface area contributed by atoms with Crippen molar-refractivity contribution in [1.29, 1.82) is 0 Å². The number of amides is 8. The number of pyridine rings is 2. The highest BCUT2D eigenvalue weighted by atomic mass is 19.1. The quantitative estimate of drug-likeness (QED) is 0.0229. The third-order valence-electron chi connectivity index (χ3n) is 15.6. The third kappa shape index (κ3) is 12.9. The van der Waals surface area contributed by atoms with E-state index in [1.54, 1.807) is 55.1 Å². The number of urea groups is 1. The maximum atomic E-state index is 15.4. The van der Waals surface area contributed by atoms with Gasteiger partial charge < -0.3 is 55.4 Å². The number of esters is 2. The number of nitrogens with zero attached hydrogens (tertiary/aromatic N) is 5. The predicted octanol–water partition coefficient (Wildman–Crippen LogP) is 0.920. The number of hydrogen-bond donors (Lipinski definition) is 6. The number of nitrogens with one attached hydrogen (secondary N) is 5. The Morgan fingerprint density at radius 2 is 1.63 bits per heavy atom. The van der Waals surface area contributed by atoms with Crippen LogP contribution in [0.3, 0.4) is 0 Å². The number of hydrogen-bond acceptors (Lipinski definition) is 16. The Morgan fingerprint density at radius 3 is 2.38 bits per heavy atom. The van der Waals surface area contributed by atoms with Gasteiger partial charge in [0.15, 0.2) is 12.2 Å². The van der Waals surface area contributed by atoms with E-state index in [1.807, 2.05) is 0 Å². The minimum atomic E-state index is -2.02. The first kappa shape index (κ1) is 58.2. The van der Waals surface area contributed by atoms with Crippen LogP contribution >= 0.6 is 0 Å². The summed E-state index contributed by atoms with van der Waals surface area (Å²) in [6.07, 6.45) is 5.03. The second kappa shape index (κ2) is 25.6. The van der Waals surface area contributed by atoms with Gasteiger partial charge in [-0.05, 0) is 67.3 Å². The number of fused-ring (bicyclic) bond motifs is 5. The Kier molecular flexibility index (Phi) is 18.2. The van der Waals surface area contributed by atoms with E-state index in [0.717, 1.165) is 21.4 Å². The molecule has 6 heterocycles. The molecule has 82 heavy (non-hydrogen) atoms. The number of halogens is 1. The molecule has 2 aromatic heterocycles. The number of ether oxygens (including phenoxy) is 3. The molecule has 8 amide bonds. The van der Waals surface area contributed by atoms with Gasteiger partial charge in [0.25, 0.3) is 23.3 Å². The minimum Gasteiger partial charge on any atom is -0.458 e. The maximum Gasteiger partial charge on any atom is 0.343 e. The summed E-state index contributed by atoms with van der Waals surface area (Å²) in [5.74, 6) is -5.33. The lowest BCUT2D eigenvalue weighted by Crippen LogP contribution is -2.53. The lowest BCUT2D eigenvalue weighted by atomic mass is 9.81. The molecule has 0 saturated carbocycles. The molecule has 0 radical (unpaired) electrons. The molecule has 5 aliphatic rings. The molecule has 6 N–H and O–H groups in total. The summed E-state index contributed by atoms with van der Waals surface area (Å²) in [5, 5.41) is 25.4. The summed E-state index contributed by atoms with van der Waals surface area (Å²) in [4.78, 5) is 137. The molecule has 434 valence electrons. The zero-order chi connectivity index (χ0) is 58.2. The van der Waals surface area contributed by atoms with Gasteiger partial charge in [0.05, 0.1) is 48.2 Å². The second-order valence-electron chi connectivity index (χ2n) is 20.8. The number of aryl methyl sites for hydroxylation is 1. The van der Waals surface area contributed by atoms with Crippen LogP contribution < -0.4 is 32.1 Å². The van der Waals surface area contributed by atoms with Crippen molar-refractivity contribution < 1.29 is 66.9 Å². The highest BCUT2D eigenvalue weighted by Gasteiger charge is 2.46. The van der Waals surface area contributed by atoms with Gasteiger partial charge in [-0.15, -0.1) is 0 Å². The lowest BCUT2D eigenvalue weighted by molar-refractivity contribution is -0.172. The van der Waals surface area contributed by atoms with E-state index in [1.165, 1.54) is 22.8 Å². The van der Waals surface area contributed by atoms with Crippen molar-refractivity contribution in [3.8, 4) is 11.4 Å². The number of carbonyl (C=O) groups excluding carboxylic acids is 9. The highest BCUT2D eigenvalue weighted by molar-refractivity contribution is 6.12. The van der Waals surface area contributed by atoms with Crippen LogP contribution in [0.4, 0.5) is 9.18 Å². The monoisotopic (exact) mass is 1130 g/mol. The van der Waals surface area contributed by atoms with Gasteiger partial charge in [0, 0.05) is 86.8 Å². The first-order valence-electron chi connectivity index (χ1n) is 27.4. The maximum absolute atomic E-state index is 15.4. The molecule has 3 atom stereocenters. The van der Waals surface area contributed by atoms with Crippen molar-refractivity contribution in [1.82, 2.24) is 50.8 Å². The fraction of sp³-hybridized carbons (Fsp3) is 0.456. The molecule has 0 bridgehead atoms. The van der Waals surface area contributed by atoms with Crippen molar-refractivity contribution in [3.05, 3.63) is 110 Å². The molecule has 4 aromatic rings. The SMILES string of the molecule is CC[C@@]1(O)C(=O)OCc2c1cc1n(c2=O)Cc2c-1nc1cc(F)c(C)c3c1c2[C@@H](NC(=O)N1CCN(CCOCNC(=O)CNC(=O)[C@H](Cc2ccccc2)NC(=O)COC(=O)CNC(=O)CCCCCN2C(=O)C=CC2=O)CC1)CC3. The van der Waals surface area contributed by atoms with E-state index in [2.05, 4.69) is 31.5 Å². The lowest BCUT2D eigenvalue weighted by Gasteiger charge is -2.36. The topological polar surface area (TPSA) is 306 Å². The molecule has 1 saturated heterocycles. The summed E-state index contributed by atoms with van der Waals surface area (Å²) in [5.41, 5.74) is 2.52. The zero-order valence-electron chi connectivity index (χ0n) is 45.6. The van der Waals surface area contributed by atoms with E-state index in [4.69, 9.17) is 19.2 Å². The molecule has 9 rings (SSSR count). The minimum absolute atomic E-state index is 0.0221. The van der Waals surface area contributed by atoms with Crippen LogP contribution in [0, 0.1) is 12.7 Å². The summed E-state index contributed by atoms with van der Waals surface area (Å²) in [6, 6.07) is 9.86. The fourth-order valence-corrected chi connectivity index (χ4v) is 11.0. The Hall–Kier alpha value is -8.42. The average Bonchev–Trinajstić information content (AvgIpc) is 4.17. The molecule has 24 nitrogen and oxygen atoms in total. The Morgan fingerprint density at radius 1 is 0.878 bits per heavy atom. The summed E-state index contributed by atoms with van der Waals surface area (Å²) in [6.45, 7) is 4.22. The van der Waals surface area contributed by atoms with Gasteiger partial charge in [-0.2, -0.15) is 0 Å². The fourth-order valence-electron chi connectivity index (χ4n) is 11.0. The zero-order valence-corrected chi connectivity index (χ0v) is 45.6. The normalized spacial score (nSPS) is 18.3. The van der Waals surface area contributed by atoms with Crippen LogP contribution in [0.15, 0.2) is 59.4 Å². The van der Waals surface area contributed by atoms with E-state index >= 15 is 4.39 Å². The van der Waals surface area contributed by atoms with Crippen molar-refractivity contribution in [3.63, 3.8) is 0 Å². The van der Waals surface area contributed by atoms with Crippen molar-refractivity contribution in [2.45, 2.75) is 96.1 Å². The third-order valence-corrected chi connectivity index (χ3v) is 15.6. The van der Waals surface area contributed by atoms with Crippen LogP contribution in [-0.2, 0) is 84.2 Å². The Labute approximate surface area is 470 Å². The molecular formula is C57H65FN10O14. The van der Waals surface area contributed by atoms with Gasteiger partial charge in [-0.1, -0.05) is 43.7 Å². The molecule has 0 unspecified atom stereocenters. The molecular weight excluding hydrogens is 1070 g/mol. The van der Waals surface area contributed by atoms with Crippen molar-refractivity contribution in [2.75, 3.05) is 72.3 Å². The number of benzene rings is 2. The van der Waals surface area contributed by atoms with Gasteiger partial charge in [-0.3, -0.25) is 48.2 Å². The standard InChI is InChI=1S/C57H65FN10O14/c1-3-57(79)38-25-43-52-36(29-68(43)54(76)37(38)30-82-55(57)77)51-40(14-13-35-33(2)39(58)26-41(63-52)50(35)51)64-56(78)66-20-18-65(19-21-66)22-23-80-32-61-45(70)27-60-53(75)42(24-34-10-6-4-7-11-34)62-46(71)31-81-49(74)28-59-44(69)12-8-5-9-17-67-47(72)15-16-48(67)73/h4,6-7,10-11,15-16,25-26,40,42,79H,3,5,8-9,12-14,17-24,27-32H2,1-2H3,(H,59,69)(H,60,75)(H,61,70)(H,62,71)(H,64,78)/t40-,42-,57-/m0/s1. The van der Waals surface area contributed by atoms with E-state index in [9.17, 15) is 53.1 Å².